The zero-order valence-corrected chi connectivity index (χ0v) is 13.1. The molecule has 0 aliphatic heterocycles. The highest BCUT2D eigenvalue weighted by molar-refractivity contribution is 5.79. The molecule has 0 radical (unpaired) electrons. The Bertz CT molecular complexity index is 535. The van der Waals surface area contributed by atoms with Gasteiger partial charge in [0.05, 0.1) is 6.33 Å². The molecule has 0 fully saturated rings. The fraction of sp³-hybridized carbons (Fsp3) is 0.438. The van der Waals surface area contributed by atoms with Gasteiger partial charge >= 0.3 is 0 Å². The number of rotatable bonds is 8. The van der Waals surface area contributed by atoms with Gasteiger partial charge < -0.3 is 15.2 Å². The van der Waals surface area contributed by atoms with Crippen LogP contribution >= 0.6 is 0 Å². The molecule has 0 saturated carbocycles. The van der Waals surface area contributed by atoms with Gasteiger partial charge in [0.1, 0.15) is 0 Å². The lowest BCUT2D eigenvalue weighted by Crippen LogP contribution is -2.38. The molecule has 0 bridgehead atoms. The van der Waals surface area contributed by atoms with Crippen molar-refractivity contribution in [3.05, 3.63) is 48.8 Å². The Kier molecular flexibility index (Phi) is 6.95. The van der Waals surface area contributed by atoms with Gasteiger partial charge in [0.15, 0.2) is 5.96 Å². The molecule has 0 atom stereocenters. The van der Waals surface area contributed by atoms with Crippen molar-refractivity contribution < 1.29 is 0 Å². The summed E-state index contributed by atoms with van der Waals surface area (Å²) in [4.78, 5) is 12.9. The van der Waals surface area contributed by atoms with Crippen molar-refractivity contribution in [2.75, 3.05) is 19.6 Å². The molecule has 0 spiro atoms. The van der Waals surface area contributed by atoms with Crippen LogP contribution < -0.4 is 10.6 Å². The van der Waals surface area contributed by atoms with Gasteiger partial charge in [-0.15, -0.1) is 0 Å². The summed E-state index contributed by atoms with van der Waals surface area (Å²) in [5.41, 5.74) is 1.09. The minimum Gasteiger partial charge on any atom is -0.357 e. The SMILES string of the molecule is CCNC(=NCCCn1ccnc1)NCCc1ccccn1. The van der Waals surface area contributed by atoms with Crippen molar-refractivity contribution in [3.63, 3.8) is 0 Å². The maximum absolute atomic E-state index is 4.58. The van der Waals surface area contributed by atoms with Crippen LogP contribution in [0, 0.1) is 0 Å². The topological polar surface area (TPSA) is 67.1 Å². The van der Waals surface area contributed by atoms with Gasteiger partial charge in [-0.2, -0.15) is 0 Å². The lowest BCUT2D eigenvalue weighted by atomic mass is 10.3. The third-order valence-corrected chi connectivity index (χ3v) is 3.15. The van der Waals surface area contributed by atoms with Crippen molar-refractivity contribution in [3.8, 4) is 0 Å². The first-order valence-electron chi connectivity index (χ1n) is 7.76. The van der Waals surface area contributed by atoms with Crippen molar-refractivity contribution in [1.82, 2.24) is 25.2 Å². The summed E-state index contributed by atoms with van der Waals surface area (Å²) < 4.78 is 2.07. The van der Waals surface area contributed by atoms with Gasteiger partial charge in [-0.3, -0.25) is 9.98 Å². The molecular weight excluding hydrogens is 276 g/mol. The normalized spacial score (nSPS) is 11.4. The van der Waals surface area contributed by atoms with Gasteiger partial charge in [0, 0.05) is 56.9 Å². The standard InChI is InChI=1S/C16H24N6/c1-2-18-16(20-9-5-12-22-13-11-17-14-22)21-10-7-15-6-3-4-8-19-15/h3-4,6,8,11,13-14H,2,5,7,9-10,12H2,1H3,(H2,18,20,21). The summed E-state index contributed by atoms with van der Waals surface area (Å²) in [6, 6.07) is 5.98. The average molecular weight is 300 g/mol. The van der Waals surface area contributed by atoms with Gasteiger partial charge in [-0.25, -0.2) is 4.98 Å². The molecule has 2 rings (SSSR count). The first-order chi connectivity index (χ1) is 10.9. The van der Waals surface area contributed by atoms with Crippen molar-refractivity contribution in [2.45, 2.75) is 26.3 Å². The van der Waals surface area contributed by atoms with Crippen LogP contribution in [0.15, 0.2) is 48.1 Å². The molecule has 6 nitrogen and oxygen atoms in total. The predicted molar refractivity (Wildman–Crippen MR) is 88.8 cm³/mol. The second kappa shape index (κ2) is 9.55. The summed E-state index contributed by atoms with van der Waals surface area (Å²) in [5.74, 6) is 0.865. The van der Waals surface area contributed by atoms with E-state index in [4.69, 9.17) is 0 Å². The molecule has 6 heteroatoms. The Morgan fingerprint density at radius 3 is 2.95 bits per heavy atom. The lowest BCUT2D eigenvalue weighted by molar-refractivity contribution is 0.647. The first-order valence-corrected chi connectivity index (χ1v) is 7.76. The van der Waals surface area contributed by atoms with Crippen LogP contribution in [0.2, 0.25) is 0 Å². The molecule has 2 aromatic rings. The minimum absolute atomic E-state index is 0.789. The number of hydrogen-bond donors (Lipinski definition) is 2. The van der Waals surface area contributed by atoms with E-state index in [0.717, 1.165) is 50.7 Å². The van der Waals surface area contributed by atoms with Crippen LogP contribution in [-0.4, -0.2) is 40.1 Å². The molecule has 0 saturated heterocycles. The quantitative estimate of drug-likeness (QED) is 0.440. The number of hydrogen-bond acceptors (Lipinski definition) is 3. The highest BCUT2D eigenvalue weighted by atomic mass is 15.2. The Morgan fingerprint density at radius 2 is 2.23 bits per heavy atom. The predicted octanol–water partition coefficient (Wildman–Crippen LogP) is 1.47. The number of guanidine groups is 1. The Morgan fingerprint density at radius 1 is 1.27 bits per heavy atom. The molecule has 2 aromatic heterocycles. The van der Waals surface area contributed by atoms with Gasteiger partial charge in [0.25, 0.3) is 0 Å². The van der Waals surface area contributed by atoms with E-state index in [9.17, 15) is 0 Å². The number of imidazole rings is 1. The molecule has 0 aliphatic carbocycles. The van der Waals surface area contributed by atoms with Crippen molar-refractivity contribution >= 4 is 5.96 Å². The zero-order valence-electron chi connectivity index (χ0n) is 13.1. The van der Waals surface area contributed by atoms with Crippen LogP contribution in [0.5, 0.6) is 0 Å². The maximum atomic E-state index is 4.58. The van der Waals surface area contributed by atoms with E-state index in [1.165, 1.54) is 0 Å². The second-order valence-corrected chi connectivity index (χ2v) is 4.91. The van der Waals surface area contributed by atoms with E-state index in [2.05, 4.69) is 37.1 Å². The number of nitrogens with zero attached hydrogens (tertiary/aromatic N) is 4. The van der Waals surface area contributed by atoms with Crippen LogP contribution in [0.1, 0.15) is 19.0 Å². The molecule has 22 heavy (non-hydrogen) atoms. The molecule has 0 amide bonds. The summed E-state index contributed by atoms with van der Waals surface area (Å²) in [5, 5.41) is 6.60. The maximum Gasteiger partial charge on any atom is 0.191 e. The molecular formula is C16H24N6. The fourth-order valence-electron chi connectivity index (χ4n) is 2.06. The van der Waals surface area contributed by atoms with Crippen molar-refractivity contribution in [1.29, 1.82) is 0 Å². The lowest BCUT2D eigenvalue weighted by Gasteiger charge is -2.11. The summed E-state index contributed by atoms with van der Waals surface area (Å²) >= 11 is 0. The zero-order chi connectivity index (χ0) is 15.5. The fourth-order valence-corrected chi connectivity index (χ4v) is 2.06. The van der Waals surface area contributed by atoms with Crippen LogP contribution in [0.25, 0.3) is 0 Å². The number of nitrogens with one attached hydrogen (secondary N) is 2. The van der Waals surface area contributed by atoms with Crippen LogP contribution in [-0.2, 0) is 13.0 Å². The van der Waals surface area contributed by atoms with E-state index >= 15 is 0 Å². The first kappa shape index (κ1) is 16.0. The Labute approximate surface area is 131 Å². The largest absolute Gasteiger partial charge is 0.357 e. The molecule has 0 aliphatic rings. The van der Waals surface area contributed by atoms with Crippen molar-refractivity contribution in [2.24, 2.45) is 4.99 Å². The van der Waals surface area contributed by atoms with Gasteiger partial charge in [-0.1, -0.05) is 6.07 Å². The average Bonchev–Trinajstić information content (AvgIpc) is 3.06. The van der Waals surface area contributed by atoms with E-state index in [1.54, 1.807) is 6.20 Å². The van der Waals surface area contributed by atoms with E-state index in [1.807, 2.05) is 36.9 Å². The third kappa shape index (κ3) is 5.95. The highest BCUT2D eigenvalue weighted by Crippen LogP contribution is 1.94. The number of aliphatic imine (C=N–C) groups is 1. The smallest absolute Gasteiger partial charge is 0.191 e. The Balaban J connectivity index is 1.70. The summed E-state index contributed by atoms with van der Waals surface area (Å²) in [7, 11) is 0. The molecule has 118 valence electrons. The third-order valence-electron chi connectivity index (χ3n) is 3.15. The van der Waals surface area contributed by atoms with Gasteiger partial charge in [-0.05, 0) is 25.5 Å². The molecule has 0 aromatic carbocycles. The van der Waals surface area contributed by atoms with E-state index in [0.29, 0.717) is 0 Å². The summed E-state index contributed by atoms with van der Waals surface area (Å²) in [6.45, 7) is 5.48. The summed E-state index contributed by atoms with van der Waals surface area (Å²) in [6.07, 6.45) is 9.31. The Hall–Kier alpha value is -2.37. The molecule has 2 heterocycles. The van der Waals surface area contributed by atoms with Gasteiger partial charge in [0.2, 0.25) is 0 Å². The highest BCUT2D eigenvalue weighted by Gasteiger charge is 1.98. The monoisotopic (exact) mass is 300 g/mol. The number of aryl methyl sites for hydroxylation is 1. The van der Waals surface area contributed by atoms with Crippen LogP contribution in [0.4, 0.5) is 0 Å². The van der Waals surface area contributed by atoms with E-state index in [-0.39, 0.29) is 0 Å². The molecule has 0 unspecified atom stereocenters. The minimum atomic E-state index is 0.789. The second-order valence-electron chi connectivity index (χ2n) is 4.91. The van der Waals surface area contributed by atoms with Crippen LogP contribution in [0.3, 0.4) is 0 Å². The van der Waals surface area contributed by atoms with E-state index < -0.39 is 0 Å². The number of aromatic nitrogens is 3. The number of pyridine rings is 1. The molecule has 2 N–H and O–H groups in total.